The highest BCUT2D eigenvalue weighted by Crippen LogP contribution is 2.53. The van der Waals surface area contributed by atoms with Crippen molar-refractivity contribution in [3.05, 3.63) is 105 Å². The number of hydrogen-bond acceptors (Lipinski definition) is 9. The van der Waals surface area contributed by atoms with Crippen LogP contribution in [-0.2, 0) is 33.8 Å². The second-order valence-corrected chi connectivity index (χ2v) is 13.1. The minimum absolute atomic E-state index is 0.0293. The van der Waals surface area contributed by atoms with E-state index in [1.54, 1.807) is 20.2 Å². The fourth-order valence-electron chi connectivity index (χ4n) is 7.43. The molecule has 0 aliphatic heterocycles. The number of nitrogens with one attached hydrogen (secondary N) is 1. The van der Waals surface area contributed by atoms with E-state index in [1.165, 1.54) is 16.5 Å². The van der Waals surface area contributed by atoms with E-state index in [0.717, 1.165) is 29.7 Å². The molecule has 0 heterocycles. The van der Waals surface area contributed by atoms with E-state index in [2.05, 4.69) is 5.32 Å². The number of aromatic hydroxyl groups is 1. The summed E-state index contributed by atoms with van der Waals surface area (Å²) in [5.74, 6) is -6.73. The summed E-state index contributed by atoms with van der Waals surface area (Å²) in [6.07, 6.45) is 1.11. The summed E-state index contributed by atoms with van der Waals surface area (Å²) in [7, 11) is 3.14. The highest BCUT2D eigenvalue weighted by atomic mass is 35.5. The molecule has 0 saturated heterocycles. The number of carbonyl (C=O) groups is 3. The van der Waals surface area contributed by atoms with Crippen molar-refractivity contribution in [3.63, 3.8) is 0 Å². The molecule has 11 heteroatoms. The van der Waals surface area contributed by atoms with Crippen LogP contribution in [-0.4, -0.2) is 75.1 Å². The summed E-state index contributed by atoms with van der Waals surface area (Å²) in [6, 6.07) is 17.7. The topological polar surface area (TPSA) is 173 Å². The number of fused-ring (bicyclic) bond motifs is 3. The van der Waals surface area contributed by atoms with Gasteiger partial charge in [0.15, 0.2) is 11.4 Å². The number of primary amides is 1. The molecule has 0 radical (unpaired) electrons. The van der Waals surface area contributed by atoms with E-state index in [9.17, 15) is 34.8 Å². The number of phenolic OH excluding ortho intramolecular Hbond substituents is 1. The minimum atomic E-state index is -2.67. The molecule has 0 aromatic heterocycles. The lowest BCUT2D eigenvalue weighted by Crippen LogP contribution is -2.65. The third-order valence-corrected chi connectivity index (χ3v) is 9.95. The number of nitrogens with two attached hydrogens (primary N) is 1. The second kappa shape index (κ2) is 12.3. The Labute approximate surface area is 276 Å². The Morgan fingerprint density at radius 2 is 1.66 bits per heavy atom. The quantitative estimate of drug-likeness (QED) is 0.156. The van der Waals surface area contributed by atoms with Gasteiger partial charge in [0.25, 0.3) is 5.91 Å². The number of Topliss-reactive ketones (excluding diaryl/α,β-unsaturated/α-hetero) is 2. The fraction of sp³-hybridized carbons (Fsp3) is 0.306. The van der Waals surface area contributed by atoms with Gasteiger partial charge in [0.05, 0.1) is 11.6 Å². The highest BCUT2D eigenvalue weighted by Gasteiger charge is 2.64. The third kappa shape index (κ3) is 5.41. The van der Waals surface area contributed by atoms with Crippen LogP contribution in [0.3, 0.4) is 0 Å². The van der Waals surface area contributed by atoms with E-state index in [1.807, 2.05) is 48.5 Å². The lowest BCUT2D eigenvalue weighted by Gasteiger charge is -2.50. The molecule has 3 aliphatic rings. The molecular weight excluding hydrogens is 622 g/mol. The molecule has 6 rings (SSSR count). The zero-order valence-electron chi connectivity index (χ0n) is 26.0. The van der Waals surface area contributed by atoms with Gasteiger partial charge in [-0.25, -0.2) is 0 Å². The first-order valence-electron chi connectivity index (χ1n) is 15.4. The summed E-state index contributed by atoms with van der Waals surface area (Å²) >= 11 is 5.97. The molecule has 0 spiro atoms. The second-order valence-electron chi connectivity index (χ2n) is 12.7. The van der Waals surface area contributed by atoms with Crippen molar-refractivity contribution in [2.45, 2.75) is 37.5 Å². The number of benzene rings is 3. The maximum atomic E-state index is 14.1. The first-order chi connectivity index (χ1) is 22.3. The third-order valence-electron chi connectivity index (χ3n) is 9.70. The minimum Gasteiger partial charge on any atom is -0.508 e. The van der Waals surface area contributed by atoms with E-state index in [4.69, 9.17) is 17.3 Å². The van der Waals surface area contributed by atoms with Gasteiger partial charge in [-0.1, -0.05) is 54.1 Å². The van der Waals surface area contributed by atoms with Gasteiger partial charge in [0.1, 0.15) is 22.8 Å². The molecule has 0 bridgehead atoms. The molecule has 244 valence electrons. The van der Waals surface area contributed by atoms with Crippen LogP contribution in [0.4, 0.5) is 0 Å². The zero-order chi connectivity index (χ0) is 33.8. The molecule has 3 aromatic carbocycles. The van der Waals surface area contributed by atoms with Crippen molar-refractivity contribution < 1.29 is 34.8 Å². The van der Waals surface area contributed by atoms with Gasteiger partial charge in [-0.2, -0.15) is 0 Å². The molecule has 47 heavy (non-hydrogen) atoms. The Morgan fingerprint density at radius 3 is 2.30 bits per heavy atom. The van der Waals surface area contributed by atoms with Crippen LogP contribution in [0.1, 0.15) is 28.7 Å². The predicted molar refractivity (Wildman–Crippen MR) is 177 cm³/mol. The smallest absolute Gasteiger partial charge is 0.255 e. The van der Waals surface area contributed by atoms with Crippen LogP contribution in [0.5, 0.6) is 5.75 Å². The van der Waals surface area contributed by atoms with E-state index in [0.29, 0.717) is 17.1 Å². The van der Waals surface area contributed by atoms with E-state index >= 15 is 0 Å². The van der Waals surface area contributed by atoms with Crippen molar-refractivity contribution >= 4 is 34.8 Å². The van der Waals surface area contributed by atoms with Crippen LogP contribution in [0.15, 0.2) is 77.6 Å². The number of hydrogen-bond donors (Lipinski definition) is 6. The molecule has 3 aromatic rings. The van der Waals surface area contributed by atoms with Gasteiger partial charge in [0, 0.05) is 23.1 Å². The maximum Gasteiger partial charge on any atom is 0.255 e. The first kappa shape index (κ1) is 32.5. The average Bonchev–Trinajstić information content (AvgIpc) is 3.02. The molecule has 1 fully saturated rings. The number of nitrogens with zero attached hydrogens (tertiary/aromatic N) is 1. The van der Waals surface area contributed by atoms with Gasteiger partial charge >= 0.3 is 0 Å². The monoisotopic (exact) mass is 657 g/mol. The largest absolute Gasteiger partial charge is 0.508 e. The lowest BCUT2D eigenvalue weighted by molar-refractivity contribution is -0.153. The highest BCUT2D eigenvalue weighted by molar-refractivity contribution is 6.30. The summed E-state index contributed by atoms with van der Waals surface area (Å²) in [6.45, 7) is 1.45. The molecule has 0 unspecified atom stereocenters. The van der Waals surface area contributed by atoms with Gasteiger partial charge in [-0.3, -0.25) is 19.3 Å². The predicted octanol–water partition coefficient (Wildman–Crippen LogP) is 3.62. The molecular formula is C36H36ClN3O7. The Morgan fingerprint density at radius 1 is 1.00 bits per heavy atom. The van der Waals surface area contributed by atoms with Gasteiger partial charge < -0.3 is 31.5 Å². The normalized spacial score (nSPS) is 23.9. The molecule has 4 atom stereocenters. The average molecular weight is 658 g/mol. The van der Waals surface area contributed by atoms with Crippen molar-refractivity contribution in [2.75, 3.05) is 20.6 Å². The number of ketones is 2. The van der Waals surface area contributed by atoms with Crippen LogP contribution in [0.25, 0.3) is 16.9 Å². The molecule has 3 aliphatic carbocycles. The number of phenols is 1. The maximum absolute atomic E-state index is 14.1. The summed E-state index contributed by atoms with van der Waals surface area (Å²) in [5, 5.41) is 49.4. The molecule has 1 saturated carbocycles. The number of rotatable bonds is 8. The van der Waals surface area contributed by atoms with Crippen LogP contribution in [0.2, 0.25) is 5.02 Å². The van der Waals surface area contributed by atoms with E-state index < -0.39 is 58.0 Å². The summed E-state index contributed by atoms with van der Waals surface area (Å²) in [4.78, 5) is 41.1. The first-order valence-corrected chi connectivity index (χ1v) is 15.8. The van der Waals surface area contributed by atoms with Crippen LogP contribution >= 0.6 is 11.6 Å². The van der Waals surface area contributed by atoms with Gasteiger partial charge in [-0.15, -0.1) is 0 Å². The number of amides is 1. The Bertz CT molecular complexity index is 1850. The standard InChI is InChI=1S/C36H36ClN3O7/c1-40(2)30-25-16-21-15-24-23(20-7-3-19(4-8-20)17-39-14-13-18-5-9-22(37)10-6-18)11-12-26(41)28(24)31(42)27(21)33(44)36(25,47)34(45)29(32(30)43)35(38)46/h3-12,21,25,30,39,41-42,45,47H,13-17H2,1-2H3,(H2,38,46)/t21-,25-,30-,36-/m1/s1. The molecule has 10 nitrogen and oxygen atoms in total. The number of aliphatic hydroxyl groups is 3. The van der Waals surface area contributed by atoms with Gasteiger partial charge in [0.2, 0.25) is 5.78 Å². The summed E-state index contributed by atoms with van der Waals surface area (Å²) in [5.41, 5.74) is 6.24. The van der Waals surface area contributed by atoms with Gasteiger partial charge in [-0.05, 0) is 91.8 Å². The number of aliphatic hydroxyl groups excluding tert-OH is 2. The molecule has 7 N–H and O–H groups in total. The van der Waals surface area contributed by atoms with Crippen LogP contribution < -0.4 is 11.1 Å². The number of likely N-dealkylation sites (N-methyl/N-ethyl adjacent to an activating group) is 1. The van der Waals surface area contributed by atoms with Crippen molar-refractivity contribution in [1.82, 2.24) is 10.2 Å². The Balaban J connectivity index is 1.31. The lowest BCUT2D eigenvalue weighted by atomic mass is 9.57. The SMILES string of the molecule is CN(C)[C@H]1C(=O)C(C(N)=O)=C(O)[C@]2(O)C(=O)C3=C(O)c4c(O)ccc(-c5ccc(CNCCc6ccc(Cl)cc6)cc5)c4C[C@@H]3C[C@H]12. The van der Waals surface area contributed by atoms with Crippen molar-refractivity contribution in [3.8, 4) is 16.9 Å². The number of halogens is 1. The number of carbonyl (C=O) groups excluding carboxylic acids is 3. The Hall–Kier alpha value is -4.48. The zero-order valence-corrected chi connectivity index (χ0v) is 26.7. The van der Waals surface area contributed by atoms with Crippen LogP contribution in [0, 0.1) is 11.8 Å². The Kier molecular flexibility index (Phi) is 8.48. The van der Waals surface area contributed by atoms with E-state index in [-0.39, 0.29) is 29.7 Å². The summed E-state index contributed by atoms with van der Waals surface area (Å²) < 4.78 is 0. The fourth-order valence-corrected chi connectivity index (χ4v) is 7.56. The van der Waals surface area contributed by atoms with Crippen molar-refractivity contribution in [1.29, 1.82) is 0 Å². The molecule has 1 amide bonds. The van der Waals surface area contributed by atoms with Crippen molar-refractivity contribution in [2.24, 2.45) is 17.6 Å².